The summed E-state index contributed by atoms with van der Waals surface area (Å²) in [7, 11) is -3.36. The predicted octanol–water partition coefficient (Wildman–Crippen LogP) is 1.51. The SMILES string of the molecule is O=S(=O)(Cc1ccccc1)NC[C@H]1[C@H]2CN(Cc3ccn[nH]3)C[C@]23CC[C@H]1O3. The molecule has 0 saturated carbocycles. The Kier molecular flexibility index (Phi) is 4.54. The first-order valence-corrected chi connectivity index (χ1v) is 11.6. The molecule has 3 aliphatic rings. The van der Waals surface area contributed by atoms with Crippen LogP contribution >= 0.6 is 0 Å². The molecule has 0 aliphatic carbocycles. The van der Waals surface area contributed by atoms with Crippen molar-refractivity contribution in [1.82, 2.24) is 19.8 Å². The summed E-state index contributed by atoms with van der Waals surface area (Å²) in [4.78, 5) is 2.41. The predicted molar refractivity (Wildman–Crippen MR) is 105 cm³/mol. The van der Waals surface area contributed by atoms with Gasteiger partial charge in [0.15, 0.2) is 0 Å². The van der Waals surface area contributed by atoms with E-state index in [-0.39, 0.29) is 23.4 Å². The van der Waals surface area contributed by atoms with Crippen LogP contribution in [-0.4, -0.2) is 54.9 Å². The van der Waals surface area contributed by atoms with Crippen molar-refractivity contribution >= 4 is 10.0 Å². The quantitative estimate of drug-likeness (QED) is 0.733. The lowest BCUT2D eigenvalue weighted by molar-refractivity contribution is 0.00211. The van der Waals surface area contributed by atoms with Gasteiger partial charge in [0.05, 0.1) is 17.5 Å². The van der Waals surface area contributed by atoms with Crippen molar-refractivity contribution in [3.8, 4) is 0 Å². The van der Waals surface area contributed by atoms with Crippen molar-refractivity contribution in [3.63, 3.8) is 0 Å². The molecule has 4 heterocycles. The molecule has 2 N–H and O–H groups in total. The zero-order valence-electron chi connectivity index (χ0n) is 15.8. The molecule has 5 rings (SSSR count). The summed E-state index contributed by atoms with van der Waals surface area (Å²) >= 11 is 0. The minimum atomic E-state index is -3.36. The van der Waals surface area contributed by atoms with Crippen molar-refractivity contribution in [3.05, 3.63) is 53.9 Å². The number of sulfonamides is 1. The van der Waals surface area contributed by atoms with E-state index in [2.05, 4.69) is 19.8 Å². The number of aromatic amines is 1. The number of fused-ring (bicyclic) bond motifs is 1. The van der Waals surface area contributed by atoms with E-state index in [4.69, 9.17) is 4.74 Å². The highest BCUT2D eigenvalue weighted by Crippen LogP contribution is 2.54. The first-order valence-electron chi connectivity index (χ1n) is 9.93. The zero-order valence-corrected chi connectivity index (χ0v) is 16.6. The van der Waals surface area contributed by atoms with Gasteiger partial charge in [-0.2, -0.15) is 5.10 Å². The van der Waals surface area contributed by atoms with E-state index in [1.54, 1.807) is 6.20 Å². The van der Waals surface area contributed by atoms with Gasteiger partial charge in [-0.25, -0.2) is 13.1 Å². The van der Waals surface area contributed by atoms with Gasteiger partial charge in [-0.3, -0.25) is 10.00 Å². The summed E-state index contributed by atoms with van der Waals surface area (Å²) in [5, 5.41) is 7.05. The van der Waals surface area contributed by atoms with Crippen LogP contribution < -0.4 is 4.72 Å². The minimum Gasteiger partial charge on any atom is -0.370 e. The second-order valence-electron chi connectivity index (χ2n) is 8.37. The Morgan fingerprint density at radius 2 is 2.14 bits per heavy atom. The van der Waals surface area contributed by atoms with E-state index in [9.17, 15) is 8.42 Å². The van der Waals surface area contributed by atoms with E-state index in [0.29, 0.717) is 12.5 Å². The van der Waals surface area contributed by atoms with E-state index >= 15 is 0 Å². The molecular formula is C20H26N4O3S. The van der Waals surface area contributed by atoms with Gasteiger partial charge in [-0.05, 0) is 24.5 Å². The van der Waals surface area contributed by atoms with Crippen LogP contribution in [-0.2, 0) is 27.1 Å². The number of nitrogens with one attached hydrogen (secondary N) is 2. The summed E-state index contributed by atoms with van der Waals surface area (Å²) in [5.74, 6) is 0.646. The molecule has 3 fully saturated rings. The van der Waals surface area contributed by atoms with Gasteiger partial charge in [0.1, 0.15) is 0 Å². The van der Waals surface area contributed by atoms with Gasteiger partial charge < -0.3 is 4.74 Å². The Hall–Kier alpha value is -1.74. The average Bonchev–Trinajstić information content (AvgIpc) is 3.42. The van der Waals surface area contributed by atoms with Crippen molar-refractivity contribution in [2.75, 3.05) is 19.6 Å². The highest BCUT2D eigenvalue weighted by atomic mass is 32.2. The van der Waals surface area contributed by atoms with E-state index in [0.717, 1.165) is 43.7 Å². The molecule has 1 aromatic heterocycles. The Balaban J connectivity index is 1.24. The molecule has 7 nitrogen and oxygen atoms in total. The molecule has 8 heteroatoms. The third kappa shape index (κ3) is 3.39. The molecule has 2 aromatic rings. The van der Waals surface area contributed by atoms with Crippen molar-refractivity contribution in [2.24, 2.45) is 11.8 Å². The first-order chi connectivity index (χ1) is 13.5. The van der Waals surface area contributed by atoms with Crippen LogP contribution in [0.25, 0.3) is 0 Å². The number of benzene rings is 1. The van der Waals surface area contributed by atoms with E-state index in [1.807, 2.05) is 36.4 Å². The molecule has 0 radical (unpaired) electrons. The van der Waals surface area contributed by atoms with Crippen LogP contribution in [0.5, 0.6) is 0 Å². The molecule has 1 spiro atoms. The van der Waals surface area contributed by atoms with Crippen LogP contribution in [0.3, 0.4) is 0 Å². The molecule has 0 amide bonds. The third-order valence-corrected chi connectivity index (χ3v) is 7.87. The number of aromatic nitrogens is 2. The van der Waals surface area contributed by atoms with Gasteiger partial charge in [-0.15, -0.1) is 0 Å². The van der Waals surface area contributed by atoms with Crippen LogP contribution in [0.2, 0.25) is 0 Å². The number of H-pyrrole nitrogens is 1. The average molecular weight is 403 g/mol. The lowest BCUT2D eigenvalue weighted by atomic mass is 9.74. The summed E-state index contributed by atoms with van der Waals surface area (Å²) in [6.07, 6.45) is 4.06. The second kappa shape index (κ2) is 6.95. The fraction of sp³-hybridized carbons (Fsp3) is 0.550. The Bertz CT molecular complexity index is 918. The zero-order chi connectivity index (χ0) is 19.2. The van der Waals surface area contributed by atoms with Gasteiger partial charge in [-0.1, -0.05) is 30.3 Å². The summed E-state index contributed by atoms with van der Waals surface area (Å²) in [5.41, 5.74) is 1.81. The van der Waals surface area contributed by atoms with Crippen LogP contribution in [0.4, 0.5) is 0 Å². The number of nitrogens with zero attached hydrogens (tertiary/aromatic N) is 2. The molecule has 3 aliphatic heterocycles. The molecule has 1 aromatic carbocycles. The maximum atomic E-state index is 12.6. The topological polar surface area (TPSA) is 87.3 Å². The van der Waals surface area contributed by atoms with Gasteiger partial charge in [0.2, 0.25) is 10.0 Å². The normalized spacial score (nSPS) is 32.1. The summed E-state index contributed by atoms with van der Waals surface area (Å²) in [6.45, 7) is 3.16. The molecule has 4 atom stereocenters. The number of hydrogen-bond acceptors (Lipinski definition) is 5. The number of ether oxygens (including phenoxy) is 1. The van der Waals surface area contributed by atoms with Crippen molar-refractivity contribution < 1.29 is 13.2 Å². The Morgan fingerprint density at radius 1 is 1.29 bits per heavy atom. The highest BCUT2D eigenvalue weighted by Gasteiger charge is 2.62. The van der Waals surface area contributed by atoms with Gasteiger partial charge >= 0.3 is 0 Å². The lowest BCUT2D eigenvalue weighted by Crippen LogP contribution is -2.42. The molecule has 3 saturated heterocycles. The second-order valence-corrected chi connectivity index (χ2v) is 10.2. The van der Waals surface area contributed by atoms with Crippen LogP contribution in [0.15, 0.2) is 42.6 Å². The maximum absolute atomic E-state index is 12.6. The number of likely N-dealkylation sites (tertiary alicyclic amines) is 1. The van der Waals surface area contributed by atoms with Crippen LogP contribution in [0, 0.1) is 11.8 Å². The third-order valence-electron chi connectivity index (χ3n) is 6.55. The standard InChI is InChI=1S/C20H26N4O3S/c25-28(26,13-15-4-2-1-3-5-15)22-10-17-18-12-24(11-16-7-9-21-23-16)14-20(18)8-6-19(17)27-20/h1-5,7,9,17-19,22H,6,8,10-14H2,(H,21,23)/t17-,18+,19+,20+/m0/s1. The van der Waals surface area contributed by atoms with Crippen molar-refractivity contribution in [2.45, 2.75) is 36.8 Å². The van der Waals surface area contributed by atoms with E-state index < -0.39 is 10.0 Å². The fourth-order valence-corrected chi connectivity index (χ4v) is 6.54. The maximum Gasteiger partial charge on any atom is 0.215 e. The lowest BCUT2D eigenvalue weighted by Gasteiger charge is -2.29. The molecule has 150 valence electrons. The number of rotatable bonds is 7. The van der Waals surface area contributed by atoms with E-state index in [1.165, 1.54) is 0 Å². The minimum absolute atomic E-state index is 0.0217. The monoisotopic (exact) mass is 402 g/mol. The molecule has 28 heavy (non-hydrogen) atoms. The first kappa shape index (κ1) is 18.3. The molecule has 0 unspecified atom stereocenters. The fourth-order valence-electron chi connectivity index (χ4n) is 5.36. The van der Waals surface area contributed by atoms with Gasteiger partial charge in [0.25, 0.3) is 0 Å². The van der Waals surface area contributed by atoms with Gasteiger partial charge in [0, 0.05) is 49.9 Å². The highest BCUT2D eigenvalue weighted by molar-refractivity contribution is 7.88. The number of hydrogen-bond donors (Lipinski definition) is 2. The molecular weight excluding hydrogens is 376 g/mol. The summed E-state index contributed by atoms with van der Waals surface area (Å²) < 4.78 is 34.4. The van der Waals surface area contributed by atoms with Crippen LogP contribution in [0.1, 0.15) is 24.1 Å². The Labute approximate surface area is 165 Å². The molecule has 2 bridgehead atoms. The largest absolute Gasteiger partial charge is 0.370 e. The van der Waals surface area contributed by atoms with Crippen molar-refractivity contribution in [1.29, 1.82) is 0 Å². The summed E-state index contributed by atoms with van der Waals surface area (Å²) in [6, 6.07) is 11.3. The smallest absolute Gasteiger partial charge is 0.215 e. The Morgan fingerprint density at radius 3 is 2.93 bits per heavy atom.